The topological polar surface area (TPSA) is 34.2 Å². The molecule has 2 aromatic rings. The molecule has 0 amide bonds. The van der Waals surface area contributed by atoms with Gasteiger partial charge in [-0.1, -0.05) is 30.7 Å². The Kier molecular flexibility index (Phi) is 5.59. The monoisotopic (exact) mass is 304 g/mol. The number of nitrogens with one attached hydrogen (secondary N) is 1. The van der Waals surface area contributed by atoms with E-state index in [-0.39, 0.29) is 6.04 Å². The summed E-state index contributed by atoms with van der Waals surface area (Å²) < 4.78 is 5.49. The van der Waals surface area contributed by atoms with Crippen LogP contribution in [-0.4, -0.2) is 18.6 Å². The molecule has 0 aliphatic rings. The molecular weight excluding hydrogens is 284 g/mol. The summed E-state index contributed by atoms with van der Waals surface area (Å²) in [6.07, 6.45) is 4.82. The van der Waals surface area contributed by atoms with Crippen LogP contribution < -0.4 is 10.1 Å². The van der Waals surface area contributed by atoms with Gasteiger partial charge in [-0.15, -0.1) is 0 Å². The van der Waals surface area contributed by atoms with E-state index in [1.165, 1.54) is 0 Å². The smallest absolute Gasteiger partial charge is 0.125 e. The van der Waals surface area contributed by atoms with Gasteiger partial charge >= 0.3 is 0 Å². The maximum absolute atomic E-state index is 6.06. The van der Waals surface area contributed by atoms with Gasteiger partial charge in [0.2, 0.25) is 0 Å². The third-order valence-electron chi connectivity index (χ3n) is 3.33. The maximum atomic E-state index is 6.06. The summed E-state index contributed by atoms with van der Waals surface area (Å²) in [6.45, 7) is 5.12. The van der Waals surface area contributed by atoms with Crippen molar-refractivity contribution >= 4 is 11.6 Å². The second kappa shape index (κ2) is 7.43. The lowest BCUT2D eigenvalue weighted by Gasteiger charge is -2.22. The predicted molar refractivity (Wildman–Crippen MR) is 87.1 cm³/mol. The molecule has 1 atom stereocenters. The zero-order chi connectivity index (χ0) is 15.2. The van der Waals surface area contributed by atoms with Crippen molar-refractivity contribution in [2.45, 2.75) is 26.3 Å². The number of hydrogen-bond donors (Lipinski definition) is 1. The first-order chi connectivity index (χ1) is 10.2. The molecule has 112 valence electrons. The molecule has 0 bridgehead atoms. The molecule has 1 unspecified atom stereocenters. The number of benzene rings is 1. The van der Waals surface area contributed by atoms with E-state index in [2.05, 4.69) is 23.3 Å². The van der Waals surface area contributed by atoms with E-state index in [0.29, 0.717) is 5.02 Å². The molecule has 0 saturated carbocycles. The van der Waals surface area contributed by atoms with Crippen molar-refractivity contribution in [3.63, 3.8) is 0 Å². The Bertz CT molecular complexity index is 601. The number of nitrogens with zero attached hydrogens (tertiary/aromatic N) is 1. The first kappa shape index (κ1) is 15.8. The van der Waals surface area contributed by atoms with Gasteiger partial charge in [0.1, 0.15) is 5.75 Å². The van der Waals surface area contributed by atoms with Crippen LogP contribution >= 0.6 is 11.6 Å². The van der Waals surface area contributed by atoms with Crippen molar-refractivity contribution in [3.8, 4) is 5.75 Å². The van der Waals surface area contributed by atoms with Gasteiger partial charge in [0, 0.05) is 23.0 Å². The quantitative estimate of drug-likeness (QED) is 0.871. The first-order valence-corrected chi connectivity index (χ1v) is 7.52. The van der Waals surface area contributed by atoms with Crippen molar-refractivity contribution < 1.29 is 4.74 Å². The molecule has 1 aromatic carbocycles. The molecule has 21 heavy (non-hydrogen) atoms. The lowest BCUT2D eigenvalue weighted by Crippen LogP contribution is -2.24. The van der Waals surface area contributed by atoms with Gasteiger partial charge in [0.15, 0.2) is 0 Å². The average molecular weight is 305 g/mol. The lowest BCUT2D eigenvalue weighted by molar-refractivity contribution is 0.404. The van der Waals surface area contributed by atoms with Crippen LogP contribution in [0.1, 0.15) is 36.1 Å². The fourth-order valence-corrected chi connectivity index (χ4v) is 2.52. The van der Waals surface area contributed by atoms with Crippen LogP contribution in [0.4, 0.5) is 0 Å². The number of hydrogen-bond acceptors (Lipinski definition) is 3. The molecule has 0 aliphatic heterocycles. The highest BCUT2D eigenvalue weighted by Crippen LogP contribution is 2.32. The largest absolute Gasteiger partial charge is 0.496 e. The van der Waals surface area contributed by atoms with Crippen LogP contribution in [0.5, 0.6) is 5.75 Å². The van der Waals surface area contributed by atoms with E-state index in [9.17, 15) is 0 Å². The van der Waals surface area contributed by atoms with Gasteiger partial charge in [0.05, 0.1) is 13.2 Å². The number of ether oxygens (including phenoxy) is 1. The van der Waals surface area contributed by atoms with Crippen molar-refractivity contribution in [1.82, 2.24) is 10.3 Å². The van der Waals surface area contributed by atoms with Crippen LogP contribution in [0, 0.1) is 6.92 Å². The van der Waals surface area contributed by atoms with Crippen LogP contribution in [-0.2, 0) is 0 Å². The fourth-order valence-electron chi connectivity index (χ4n) is 2.36. The number of aryl methyl sites for hydroxylation is 1. The molecule has 0 saturated heterocycles. The molecule has 0 radical (unpaired) electrons. The van der Waals surface area contributed by atoms with Gasteiger partial charge in [0.25, 0.3) is 0 Å². The molecule has 4 heteroatoms. The Morgan fingerprint density at radius 1 is 1.29 bits per heavy atom. The zero-order valence-electron chi connectivity index (χ0n) is 12.7. The van der Waals surface area contributed by atoms with Gasteiger partial charge in [-0.2, -0.15) is 0 Å². The SMILES string of the molecule is CCCNC(c1cncc(C)c1)c1ccc(Cl)cc1OC. The Balaban J connectivity index is 2.45. The average Bonchev–Trinajstić information content (AvgIpc) is 2.49. The van der Waals surface area contributed by atoms with Crippen molar-refractivity contribution in [3.05, 3.63) is 58.4 Å². The summed E-state index contributed by atoms with van der Waals surface area (Å²) in [7, 11) is 1.67. The van der Waals surface area contributed by atoms with Gasteiger partial charge in [-0.3, -0.25) is 4.98 Å². The van der Waals surface area contributed by atoms with Crippen molar-refractivity contribution in [2.24, 2.45) is 0 Å². The first-order valence-electron chi connectivity index (χ1n) is 7.14. The summed E-state index contributed by atoms with van der Waals surface area (Å²) >= 11 is 6.06. The highest BCUT2D eigenvalue weighted by Gasteiger charge is 2.18. The Morgan fingerprint density at radius 2 is 2.10 bits per heavy atom. The molecule has 1 heterocycles. The standard InChI is InChI=1S/C17H21ClN2O/c1-4-7-20-17(13-8-12(2)10-19-11-13)15-6-5-14(18)9-16(15)21-3/h5-6,8-11,17,20H,4,7H2,1-3H3. The maximum Gasteiger partial charge on any atom is 0.125 e. The normalized spacial score (nSPS) is 12.2. The zero-order valence-corrected chi connectivity index (χ0v) is 13.4. The number of rotatable bonds is 6. The molecule has 2 rings (SSSR count). The fraction of sp³-hybridized carbons (Fsp3) is 0.353. The van der Waals surface area contributed by atoms with Gasteiger partial charge in [-0.05, 0) is 43.1 Å². The van der Waals surface area contributed by atoms with Crippen LogP contribution in [0.3, 0.4) is 0 Å². The molecule has 0 aliphatic carbocycles. The minimum atomic E-state index is 0.0459. The van der Waals surface area contributed by atoms with Crippen molar-refractivity contribution in [2.75, 3.05) is 13.7 Å². The second-order valence-electron chi connectivity index (χ2n) is 5.07. The van der Waals surface area contributed by atoms with Crippen LogP contribution in [0.15, 0.2) is 36.7 Å². The Labute approximate surface area is 131 Å². The summed E-state index contributed by atoms with van der Waals surface area (Å²) in [6, 6.07) is 7.94. The van der Waals surface area contributed by atoms with E-state index in [1.807, 2.05) is 37.5 Å². The summed E-state index contributed by atoms with van der Waals surface area (Å²) in [4.78, 5) is 4.30. The molecule has 3 nitrogen and oxygen atoms in total. The predicted octanol–water partition coefficient (Wildman–Crippen LogP) is 4.14. The van der Waals surface area contributed by atoms with Crippen LogP contribution in [0.25, 0.3) is 0 Å². The lowest BCUT2D eigenvalue weighted by atomic mass is 9.98. The van der Waals surface area contributed by atoms with Crippen molar-refractivity contribution in [1.29, 1.82) is 0 Å². The number of aromatic nitrogens is 1. The summed E-state index contributed by atoms with van der Waals surface area (Å²) in [5.74, 6) is 0.789. The van der Waals surface area contributed by atoms with Crippen LogP contribution in [0.2, 0.25) is 5.02 Å². The van der Waals surface area contributed by atoms with Gasteiger partial charge in [-0.25, -0.2) is 0 Å². The molecule has 0 fully saturated rings. The minimum absolute atomic E-state index is 0.0459. The van der Waals surface area contributed by atoms with E-state index in [4.69, 9.17) is 16.3 Å². The van der Waals surface area contributed by atoms with E-state index < -0.39 is 0 Å². The number of methoxy groups -OCH3 is 1. The molecule has 1 N–H and O–H groups in total. The highest BCUT2D eigenvalue weighted by molar-refractivity contribution is 6.30. The highest BCUT2D eigenvalue weighted by atomic mass is 35.5. The minimum Gasteiger partial charge on any atom is -0.496 e. The Hall–Kier alpha value is -1.58. The third-order valence-corrected chi connectivity index (χ3v) is 3.57. The van der Waals surface area contributed by atoms with Gasteiger partial charge < -0.3 is 10.1 Å². The molecular formula is C17H21ClN2O. The number of pyridine rings is 1. The van der Waals surface area contributed by atoms with E-state index in [1.54, 1.807) is 7.11 Å². The van der Waals surface area contributed by atoms with E-state index in [0.717, 1.165) is 35.4 Å². The second-order valence-corrected chi connectivity index (χ2v) is 5.51. The Morgan fingerprint density at radius 3 is 2.76 bits per heavy atom. The summed E-state index contributed by atoms with van der Waals surface area (Å²) in [5.41, 5.74) is 3.34. The molecule has 0 spiro atoms. The summed E-state index contributed by atoms with van der Waals surface area (Å²) in [5, 5.41) is 4.23. The molecule has 1 aromatic heterocycles. The third kappa shape index (κ3) is 3.96. The van der Waals surface area contributed by atoms with E-state index >= 15 is 0 Å². The number of halogens is 1.